The van der Waals surface area contributed by atoms with Gasteiger partial charge in [-0.25, -0.2) is 0 Å². The Morgan fingerprint density at radius 3 is 2.29 bits per heavy atom. The molecular formula is C15H31Cl2N3O. The van der Waals surface area contributed by atoms with Crippen LogP contribution >= 0.6 is 24.8 Å². The topological polar surface area (TPSA) is 44.4 Å². The molecule has 0 spiro atoms. The largest absolute Gasteiger partial charge is 0.352 e. The molecule has 1 amide bonds. The second kappa shape index (κ2) is 10.7. The van der Waals surface area contributed by atoms with Gasteiger partial charge in [0.1, 0.15) is 0 Å². The third kappa shape index (κ3) is 8.87. The van der Waals surface area contributed by atoms with E-state index in [1.165, 1.54) is 19.4 Å². The molecule has 6 heteroatoms. The van der Waals surface area contributed by atoms with Crippen molar-refractivity contribution in [2.45, 2.75) is 45.6 Å². The Hall–Kier alpha value is -0.0300. The van der Waals surface area contributed by atoms with Crippen LogP contribution < -0.4 is 10.6 Å². The van der Waals surface area contributed by atoms with Gasteiger partial charge >= 0.3 is 0 Å². The number of piperidine rings is 1. The lowest BCUT2D eigenvalue weighted by Crippen LogP contribution is -2.47. The number of nitrogens with one attached hydrogen (secondary N) is 2. The minimum atomic E-state index is 0. The minimum Gasteiger partial charge on any atom is -0.352 e. The average Bonchev–Trinajstić information content (AvgIpc) is 3.15. The summed E-state index contributed by atoms with van der Waals surface area (Å²) in [6, 6.07) is 0.388. The molecule has 4 nitrogen and oxygen atoms in total. The number of carbonyl (C=O) groups excluding carboxylic acids is 1. The second-order valence-electron chi connectivity index (χ2n) is 6.61. The molecule has 1 aliphatic carbocycles. The first-order valence-electron chi connectivity index (χ1n) is 7.86. The standard InChI is InChI=1S/C15H29N3O.2ClH/c1-12(2)11-18-7-5-14(6-8-18)17-15(19)10-16-9-13-3-4-13;;/h12-14,16H,3-11H2,1-2H3,(H,17,19);2*1H. The third-order valence-corrected chi connectivity index (χ3v) is 3.99. The highest BCUT2D eigenvalue weighted by Gasteiger charge is 2.22. The number of halogens is 2. The van der Waals surface area contributed by atoms with Gasteiger partial charge in [0.05, 0.1) is 6.54 Å². The maximum absolute atomic E-state index is 11.8. The molecule has 0 radical (unpaired) electrons. The Balaban J connectivity index is 0.00000200. The van der Waals surface area contributed by atoms with Crippen molar-refractivity contribution in [1.82, 2.24) is 15.5 Å². The number of hydrogen-bond acceptors (Lipinski definition) is 3. The predicted molar refractivity (Wildman–Crippen MR) is 92.5 cm³/mol. The van der Waals surface area contributed by atoms with Crippen molar-refractivity contribution in [3.05, 3.63) is 0 Å². The van der Waals surface area contributed by atoms with Gasteiger partial charge in [-0.1, -0.05) is 13.8 Å². The van der Waals surface area contributed by atoms with E-state index in [1.807, 2.05) is 0 Å². The van der Waals surface area contributed by atoms with E-state index in [-0.39, 0.29) is 30.7 Å². The molecule has 1 aliphatic heterocycles. The Morgan fingerprint density at radius 1 is 1.14 bits per heavy atom. The number of nitrogens with zero attached hydrogens (tertiary/aromatic N) is 1. The van der Waals surface area contributed by atoms with E-state index in [0.717, 1.165) is 44.3 Å². The highest BCUT2D eigenvalue weighted by atomic mass is 35.5. The summed E-state index contributed by atoms with van der Waals surface area (Å²) in [6.07, 6.45) is 4.87. The molecule has 1 saturated heterocycles. The molecule has 0 unspecified atom stereocenters. The smallest absolute Gasteiger partial charge is 0.234 e. The van der Waals surface area contributed by atoms with E-state index >= 15 is 0 Å². The van der Waals surface area contributed by atoms with Gasteiger partial charge < -0.3 is 15.5 Å². The number of carbonyl (C=O) groups is 1. The van der Waals surface area contributed by atoms with Gasteiger partial charge in [0.25, 0.3) is 0 Å². The van der Waals surface area contributed by atoms with Crippen LogP contribution in [0.5, 0.6) is 0 Å². The molecule has 2 rings (SSSR count). The molecule has 2 aliphatic rings. The molecule has 21 heavy (non-hydrogen) atoms. The molecule has 0 aromatic rings. The zero-order valence-corrected chi connectivity index (χ0v) is 14.9. The molecule has 1 saturated carbocycles. The lowest BCUT2D eigenvalue weighted by Gasteiger charge is -2.33. The SMILES string of the molecule is CC(C)CN1CCC(NC(=O)CNCC2CC2)CC1.Cl.Cl. The third-order valence-electron chi connectivity index (χ3n) is 3.99. The van der Waals surface area contributed by atoms with Crippen LogP contribution in [0.1, 0.15) is 39.5 Å². The Labute approximate surface area is 141 Å². The fourth-order valence-electron chi connectivity index (χ4n) is 2.77. The van der Waals surface area contributed by atoms with Crippen LogP contribution in [-0.4, -0.2) is 49.6 Å². The summed E-state index contributed by atoms with van der Waals surface area (Å²) in [5, 5.41) is 6.41. The molecule has 0 aromatic carbocycles. The monoisotopic (exact) mass is 339 g/mol. The van der Waals surface area contributed by atoms with Crippen LogP contribution in [0, 0.1) is 11.8 Å². The van der Waals surface area contributed by atoms with Gasteiger partial charge in [-0.3, -0.25) is 4.79 Å². The summed E-state index contributed by atoms with van der Waals surface area (Å²) in [6.45, 7) is 9.46. The highest BCUT2D eigenvalue weighted by Crippen LogP contribution is 2.27. The van der Waals surface area contributed by atoms with E-state index in [0.29, 0.717) is 12.6 Å². The van der Waals surface area contributed by atoms with E-state index in [9.17, 15) is 4.79 Å². The van der Waals surface area contributed by atoms with Crippen LogP contribution in [0.2, 0.25) is 0 Å². The fourth-order valence-corrected chi connectivity index (χ4v) is 2.77. The number of amides is 1. The van der Waals surface area contributed by atoms with Crippen molar-refractivity contribution in [1.29, 1.82) is 0 Å². The van der Waals surface area contributed by atoms with Crippen LogP contribution in [0.4, 0.5) is 0 Å². The van der Waals surface area contributed by atoms with Crippen molar-refractivity contribution >= 4 is 30.7 Å². The molecule has 0 bridgehead atoms. The molecule has 2 fully saturated rings. The Kier molecular flexibility index (Phi) is 10.6. The lowest BCUT2D eigenvalue weighted by atomic mass is 10.0. The molecule has 2 N–H and O–H groups in total. The summed E-state index contributed by atoms with van der Waals surface area (Å²) < 4.78 is 0. The Bertz CT molecular complexity index is 291. The first-order valence-corrected chi connectivity index (χ1v) is 7.86. The Morgan fingerprint density at radius 2 is 1.76 bits per heavy atom. The lowest BCUT2D eigenvalue weighted by molar-refractivity contribution is -0.121. The summed E-state index contributed by atoms with van der Waals surface area (Å²) >= 11 is 0. The maximum atomic E-state index is 11.8. The second-order valence-corrected chi connectivity index (χ2v) is 6.61. The van der Waals surface area contributed by atoms with Gasteiger partial charge in [0, 0.05) is 25.7 Å². The molecule has 0 atom stereocenters. The van der Waals surface area contributed by atoms with Gasteiger partial charge in [0.2, 0.25) is 5.91 Å². The number of hydrogen-bond donors (Lipinski definition) is 2. The molecular weight excluding hydrogens is 309 g/mol. The first kappa shape index (κ1) is 21.0. The molecule has 1 heterocycles. The summed E-state index contributed by atoms with van der Waals surface area (Å²) in [5.74, 6) is 1.74. The maximum Gasteiger partial charge on any atom is 0.234 e. The van der Waals surface area contributed by atoms with Crippen molar-refractivity contribution < 1.29 is 4.79 Å². The average molecular weight is 340 g/mol. The van der Waals surface area contributed by atoms with E-state index in [1.54, 1.807) is 0 Å². The van der Waals surface area contributed by atoms with Crippen molar-refractivity contribution in [2.24, 2.45) is 11.8 Å². The van der Waals surface area contributed by atoms with Crippen LogP contribution in [0.3, 0.4) is 0 Å². The summed E-state index contributed by atoms with van der Waals surface area (Å²) in [4.78, 5) is 14.3. The summed E-state index contributed by atoms with van der Waals surface area (Å²) in [5.41, 5.74) is 0. The van der Waals surface area contributed by atoms with Crippen LogP contribution in [0.15, 0.2) is 0 Å². The normalized spacial score (nSPS) is 19.8. The van der Waals surface area contributed by atoms with Gasteiger partial charge in [-0.2, -0.15) is 0 Å². The number of rotatable bonds is 7. The van der Waals surface area contributed by atoms with Gasteiger partial charge in [-0.05, 0) is 44.1 Å². The zero-order valence-electron chi connectivity index (χ0n) is 13.3. The molecule has 126 valence electrons. The summed E-state index contributed by atoms with van der Waals surface area (Å²) in [7, 11) is 0. The predicted octanol–water partition coefficient (Wildman–Crippen LogP) is 2.07. The van der Waals surface area contributed by atoms with E-state index < -0.39 is 0 Å². The van der Waals surface area contributed by atoms with Crippen LogP contribution in [0.25, 0.3) is 0 Å². The van der Waals surface area contributed by atoms with E-state index in [4.69, 9.17) is 0 Å². The van der Waals surface area contributed by atoms with Crippen molar-refractivity contribution in [3.63, 3.8) is 0 Å². The van der Waals surface area contributed by atoms with Crippen LogP contribution in [-0.2, 0) is 4.79 Å². The van der Waals surface area contributed by atoms with Crippen molar-refractivity contribution in [3.8, 4) is 0 Å². The van der Waals surface area contributed by atoms with E-state index in [2.05, 4.69) is 29.4 Å². The number of likely N-dealkylation sites (tertiary alicyclic amines) is 1. The van der Waals surface area contributed by atoms with Crippen molar-refractivity contribution in [2.75, 3.05) is 32.7 Å². The van der Waals surface area contributed by atoms with Gasteiger partial charge in [0.15, 0.2) is 0 Å². The zero-order chi connectivity index (χ0) is 13.7. The molecule has 0 aromatic heterocycles. The quantitative estimate of drug-likeness (QED) is 0.746. The highest BCUT2D eigenvalue weighted by molar-refractivity contribution is 5.85. The fraction of sp³-hybridized carbons (Fsp3) is 0.933. The minimum absolute atomic E-state index is 0. The first-order chi connectivity index (χ1) is 9.13. The van der Waals surface area contributed by atoms with Gasteiger partial charge in [-0.15, -0.1) is 24.8 Å².